The molecule has 2 aliphatic heterocycles. The van der Waals surface area contributed by atoms with Crippen molar-refractivity contribution in [3.8, 4) is 11.5 Å². The molecule has 0 spiro atoms. The van der Waals surface area contributed by atoms with E-state index in [1.54, 1.807) is 0 Å². The Balaban J connectivity index is 1.57. The van der Waals surface area contributed by atoms with Crippen molar-refractivity contribution in [2.75, 3.05) is 26.9 Å². The largest absolute Gasteiger partial charge is 0.454 e. The van der Waals surface area contributed by atoms with Gasteiger partial charge in [-0.2, -0.15) is 0 Å². The van der Waals surface area contributed by atoms with Crippen LogP contribution < -0.4 is 14.8 Å². The summed E-state index contributed by atoms with van der Waals surface area (Å²) in [6, 6.07) is 4.60. The monoisotopic (exact) mass is 282 g/mol. The average Bonchev–Trinajstić information content (AvgIpc) is 2.99. The maximum absolute atomic E-state index is 6.16. The highest BCUT2D eigenvalue weighted by Crippen LogP contribution is 2.39. The summed E-state index contributed by atoms with van der Waals surface area (Å²) in [7, 11) is 2.19. The first-order valence-corrected chi connectivity index (χ1v) is 7.11. The van der Waals surface area contributed by atoms with Gasteiger partial charge in [0.15, 0.2) is 11.5 Å². The fourth-order valence-electron chi connectivity index (χ4n) is 2.74. The van der Waals surface area contributed by atoms with Crippen LogP contribution in [0.4, 0.5) is 0 Å². The number of hydrogen-bond acceptors (Lipinski definition) is 4. The number of fused-ring (bicyclic) bond motifs is 1. The Morgan fingerprint density at radius 3 is 3.11 bits per heavy atom. The zero-order valence-corrected chi connectivity index (χ0v) is 11.9. The molecule has 0 aliphatic carbocycles. The summed E-state index contributed by atoms with van der Waals surface area (Å²) in [5.41, 5.74) is 1.13. The van der Waals surface area contributed by atoms with Crippen LogP contribution in [0, 0.1) is 0 Å². The Bertz CT molecular complexity index is 467. The highest BCUT2D eigenvalue weighted by Gasteiger charge is 2.21. The number of hydrogen-bond donors (Lipinski definition) is 1. The number of likely N-dealkylation sites (tertiary alicyclic amines) is 1. The van der Waals surface area contributed by atoms with Gasteiger partial charge in [0.05, 0.1) is 5.02 Å². The van der Waals surface area contributed by atoms with Gasteiger partial charge in [0.2, 0.25) is 6.79 Å². The highest BCUT2D eigenvalue weighted by atomic mass is 35.5. The maximum atomic E-state index is 6.16. The molecule has 1 saturated heterocycles. The minimum Gasteiger partial charge on any atom is -0.454 e. The second-order valence-corrected chi connectivity index (χ2v) is 5.63. The molecule has 2 heterocycles. The zero-order valence-electron chi connectivity index (χ0n) is 11.1. The first kappa shape index (κ1) is 13.0. The molecule has 5 heteroatoms. The summed E-state index contributed by atoms with van der Waals surface area (Å²) in [4.78, 5) is 2.42. The van der Waals surface area contributed by atoms with Crippen molar-refractivity contribution in [2.45, 2.75) is 25.4 Å². The quantitative estimate of drug-likeness (QED) is 0.918. The summed E-state index contributed by atoms with van der Waals surface area (Å²) in [5.74, 6) is 1.42. The molecule has 0 aromatic heterocycles. The molecular formula is C14H19ClN2O2. The molecule has 19 heavy (non-hydrogen) atoms. The number of halogens is 1. The molecule has 0 radical (unpaired) electrons. The zero-order chi connectivity index (χ0) is 13.2. The molecule has 1 unspecified atom stereocenters. The fourth-order valence-corrected chi connectivity index (χ4v) is 3.03. The lowest BCUT2D eigenvalue weighted by Crippen LogP contribution is -2.35. The SMILES string of the molecule is CN1CCCC1CNCc1cc(Cl)c2c(c1)OCO2. The van der Waals surface area contributed by atoms with Crippen molar-refractivity contribution in [3.05, 3.63) is 22.7 Å². The van der Waals surface area contributed by atoms with Gasteiger partial charge in [0.25, 0.3) is 0 Å². The number of nitrogens with one attached hydrogen (secondary N) is 1. The standard InChI is InChI=1S/C14H19ClN2O2/c1-17-4-2-3-11(17)8-16-7-10-5-12(15)14-13(6-10)18-9-19-14/h5-6,11,16H,2-4,7-9H2,1H3. The molecule has 104 valence electrons. The number of benzene rings is 1. The van der Waals surface area contributed by atoms with Gasteiger partial charge in [-0.3, -0.25) is 0 Å². The Morgan fingerprint density at radius 2 is 2.32 bits per heavy atom. The van der Waals surface area contributed by atoms with Crippen LogP contribution in [0.15, 0.2) is 12.1 Å². The van der Waals surface area contributed by atoms with E-state index >= 15 is 0 Å². The van der Waals surface area contributed by atoms with Gasteiger partial charge in [0, 0.05) is 19.1 Å². The van der Waals surface area contributed by atoms with Crippen LogP contribution in [-0.2, 0) is 6.54 Å². The van der Waals surface area contributed by atoms with Gasteiger partial charge in [-0.15, -0.1) is 0 Å². The van der Waals surface area contributed by atoms with E-state index < -0.39 is 0 Å². The summed E-state index contributed by atoms with van der Waals surface area (Å²) in [6.07, 6.45) is 2.59. The van der Waals surface area contributed by atoms with E-state index in [2.05, 4.69) is 17.3 Å². The molecule has 1 N–H and O–H groups in total. The van der Waals surface area contributed by atoms with Gasteiger partial charge in [0.1, 0.15) is 0 Å². The predicted octanol–water partition coefficient (Wildman–Crippen LogP) is 2.25. The maximum Gasteiger partial charge on any atom is 0.231 e. The minimum absolute atomic E-state index is 0.263. The Hall–Kier alpha value is -0.970. The topological polar surface area (TPSA) is 33.7 Å². The van der Waals surface area contributed by atoms with Gasteiger partial charge < -0.3 is 19.7 Å². The Kier molecular flexibility index (Phi) is 3.82. The van der Waals surface area contributed by atoms with Crippen LogP contribution in [0.2, 0.25) is 5.02 Å². The molecule has 0 saturated carbocycles. The third-order valence-electron chi connectivity index (χ3n) is 3.87. The summed E-state index contributed by atoms with van der Waals surface area (Å²) in [5, 5.41) is 4.13. The molecule has 4 nitrogen and oxygen atoms in total. The molecule has 1 fully saturated rings. The molecule has 3 rings (SSSR count). The number of likely N-dealkylation sites (N-methyl/N-ethyl adjacent to an activating group) is 1. The summed E-state index contributed by atoms with van der Waals surface area (Å²) < 4.78 is 10.7. The first-order chi connectivity index (χ1) is 9.24. The molecular weight excluding hydrogens is 264 g/mol. The fraction of sp³-hybridized carbons (Fsp3) is 0.571. The van der Waals surface area contributed by atoms with Crippen LogP contribution in [0.25, 0.3) is 0 Å². The van der Waals surface area contributed by atoms with Gasteiger partial charge in [-0.1, -0.05) is 11.6 Å². The van der Waals surface area contributed by atoms with Crippen LogP contribution >= 0.6 is 11.6 Å². The van der Waals surface area contributed by atoms with Crippen LogP contribution in [0.1, 0.15) is 18.4 Å². The second-order valence-electron chi connectivity index (χ2n) is 5.22. The average molecular weight is 283 g/mol. The van der Waals surface area contributed by atoms with Crippen LogP contribution in [0.3, 0.4) is 0 Å². The molecule has 2 aliphatic rings. The van der Waals surface area contributed by atoms with E-state index in [4.69, 9.17) is 21.1 Å². The first-order valence-electron chi connectivity index (χ1n) is 6.73. The number of nitrogens with zero attached hydrogens (tertiary/aromatic N) is 1. The third kappa shape index (κ3) is 2.81. The number of rotatable bonds is 4. The predicted molar refractivity (Wildman–Crippen MR) is 74.9 cm³/mol. The smallest absolute Gasteiger partial charge is 0.231 e. The van der Waals surface area contributed by atoms with Gasteiger partial charge >= 0.3 is 0 Å². The molecule has 0 bridgehead atoms. The summed E-state index contributed by atoms with van der Waals surface area (Å²) >= 11 is 6.16. The van der Waals surface area contributed by atoms with Crippen LogP contribution in [-0.4, -0.2) is 37.9 Å². The van der Waals surface area contributed by atoms with Crippen molar-refractivity contribution in [2.24, 2.45) is 0 Å². The molecule has 1 atom stereocenters. The van der Waals surface area contributed by atoms with E-state index in [1.807, 2.05) is 12.1 Å². The van der Waals surface area contributed by atoms with Gasteiger partial charge in [-0.25, -0.2) is 0 Å². The Morgan fingerprint density at radius 1 is 1.42 bits per heavy atom. The Labute approximate surface area is 118 Å². The van der Waals surface area contributed by atoms with E-state index in [1.165, 1.54) is 19.4 Å². The van der Waals surface area contributed by atoms with E-state index in [9.17, 15) is 0 Å². The molecule has 0 amide bonds. The van der Waals surface area contributed by atoms with E-state index in [0.717, 1.165) is 24.4 Å². The number of ether oxygens (including phenoxy) is 2. The van der Waals surface area contributed by atoms with Crippen LogP contribution in [0.5, 0.6) is 11.5 Å². The molecule has 1 aromatic rings. The van der Waals surface area contributed by atoms with Gasteiger partial charge in [-0.05, 0) is 44.1 Å². The van der Waals surface area contributed by atoms with Crippen molar-refractivity contribution < 1.29 is 9.47 Å². The lowest BCUT2D eigenvalue weighted by molar-refractivity contribution is 0.174. The highest BCUT2D eigenvalue weighted by molar-refractivity contribution is 6.32. The van der Waals surface area contributed by atoms with E-state index in [-0.39, 0.29) is 6.79 Å². The lowest BCUT2D eigenvalue weighted by Gasteiger charge is -2.19. The van der Waals surface area contributed by atoms with Crippen molar-refractivity contribution in [1.29, 1.82) is 0 Å². The second kappa shape index (κ2) is 5.57. The molecule has 1 aromatic carbocycles. The van der Waals surface area contributed by atoms with Crippen molar-refractivity contribution >= 4 is 11.6 Å². The minimum atomic E-state index is 0.263. The third-order valence-corrected chi connectivity index (χ3v) is 4.15. The normalized spacial score (nSPS) is 22.1. The van der Waals surface area contributed by atoms with E-state index in [0.29, 0.717) is 16.8 Å². The lowest BCUT2D eigenvalue weighted by atomic mass is 10.2. The summed E-state index contributed by atoms with van der Waals surface area (Å²) in [6.45, 7) is 3.30. The van der Waals surface area contributed by atoms with Crippen molar-refractivity contribution in [1.82, 2.24) is 10.2 Å². The van der Waals surface area contributed by atoms with Crippen molar-refractivity contribution in [3.63, 3.8) is 0 Å².